The lowest BCUT2D eigenvalue weighted by Gasteiger charge is -2.02. The highest BCUT2D eigenvalue weighted by molar-refractivity contribution is 7.25. The zero-order chi connectivity index (χ0) is 15.1. The van der Waals surface area contributed by atoms with E-state index in [2.05, 4.69) is 24.3 Å². The fourth-order valence-electron chi connectivity index (χ4n) is 2.70. The summed E-state index contributed by atoms with van der Waals surface area (Å²) in [4.78, 5) is 10.6. The molecule has 0 radical (unpaired) electrons. The lowest BCUT2D eigenvalue weighted by atomic mass is 10.0. The van der Waals surface area contributed by atoms with Crippen LogP contribution in [0.2, 0.25) is 0 Å². The molecule has 0 aliphatic carbocycles. The lowest BCUT2D eigenvalue weighted by molar-refractivity contribution is -0.384. The van der Waals surface area contributed by atoms with E-state index in [0.29, 0.717) is 0 Å². The molecular weight excluding hydrogens is 294 g/mol. The third-order valence-corrected chi connectivity index (χ3v) is 4.92. The smallest absolute Gasteiger partial charge is 0.258 e. The Balaban J connectivity index is 1.94. The molecule has 0 atom stereocenters. The van der Waals surface area contributed by atoms with Crippen LogP contribution in [0, 0.1) is 10.1 Å². The molecule has 0 saturated carbocycles. The minimum atomic E-state index is -0.359. The molecule has 0 aliphatic rings. The van der Waals surface area contributed by atoms with Crippen molar-refractivity contribution in [3.63, 3.8) is 0 Å². The highest BCUT2D eigenvalue weighted by Crippen LogP contribution is 2.36. The van der Waals surface area contributed by atoms with Crippen molar-refractivity contribution in [2.45, 2.75) is 0 Å². The van der Waals surface area contributed by atoms with E-state index in [1.54, 1.807) is 23.5 Å². The quantitative estimate of drug-likeness (QED) is 0.356. The highest BCUT2D eigenvalue weighted by atomic mass is 32.1. The van der Waals surface area contributed by atoms with Crippen LogP contribution in [0.25, 0.3) is 31.3 Å². The summed E-state index contributed by atoms with van der Waals surface area (Å²) in [5.74, 6) is 0. The van der Waals surface area contributed by atoms with Crippen LogP contribution in [-0.2, 0) is 0 Å². The molecule has 1 heterocycles. The Labute approximate surface area is 130 Å². The zero-order valence-electron chi connectivity index (χ0n) is 11.5. The van der Waals surface area contributed by atoms with Crippen molar-refractivity contribution >= 4 is 37.2 Å². The monoisotopic (exact) mass is 305 g/mol. The SMILES string of the molecule is O=[N+]([O-])c1cccc(-c2ccc3sc4ccccc4c3c2)c1. The van der Waals surface area contributed by atoms with Gasteiger partial charge in [0.25, 0.3) is 5.69 Å². The number of benzene rings is 3. The molecule has 22 heavy (non-hydrogen) atoms. The fourth-order valence-corrected chi connectivity index (χ4v) is 3.79. The van der Waals surface area contributed by atoms with Crippen molar-refractivity contribution in [3.05, 3.63) is 76.8 Å². The maximum Gasteiger partial charge on any atom is 0.270 e. The van der Waals surface area contributed by atoms with Gasteiger partial charge in [0.05, 0.1) is 4.92 Å². The molecule has 0 bridgehead atoms. The number of hydrogen-bond acceptors (Lipinski definition) is 3. The van der Waals surface area contributed by atoms with Crippen LogP contribution in [0.4, 0.5) is 5.69 Å². The molecule has 0 saturated heterocycles. The summed E-state index contributed by atoms with van der Waals surface area (Å²) in [6, 6.07) is 21.3. The summed E-state index contributed by atoms with van der Waals surface area (Å²) in [7, 11) is 0. The van der Waals surface area contributed by atoms with Crippen molar-refractivity contribution in [1.29, 1.82) is 0 Å². The van der Waals surface area contributed by atoms with Crippen LogP contribution < -0.4 is 0 Å². The summed E-state index contributed by atoms with van der Waals surface area (Å²) in [5, 5.41) is 13.4. The van der Waals surface area contributed by atoms with E-state index in [4.69, 9.17) is 0 Å². The highest BCUT2D eigenvalue weighted by Gasteiger charge is 2.09. The molecule has 4 heteroatoms. The van der Waals surface area contributed by atoms with Gasteiger partial charge in [-0.3, -0.25) is 10.1 Å². The molecular formula is C18H11NO2S. The normalized spacial score (nSPS) is 11.1. The van der Waals surface area contributed by atoms with Gasteiger partial charge in [-0.15, -0.1) is 11.3 Å². The van der Waals surface area contributed by atoms with Crippen molar-refractivity contribution in [1.82, 2.24) is 0 Å². The number of non-ortho nitro benzene ring substituents is 1. The van der Waals surface area contributed by atoms with E-state index in [0.717, 1.165) is 11.1 Å². The molecule has 4 aromatic rings. The number of nitrogens with zero attached hydrogens (tertiary/aromatic N) is 1. The van der Waals surface area contributed by atoms with Crippen LogP contribution in [0.1, 0.15) is 0 Å². The Kier molecular flexibility index (Phi) is 2.91. The van der Waals surface area contributed by atoms with Gasteiger partial charge >= 0.3 is 0 Å². The second kappa shape index (κ2) is 4.93. The van der Waals surface area contributed by atoms with Gasteiger partial charge in [0.1, 0.15) is 0 Å². The predicted octanol–water partition coefficient (Wildman–Crippen LogP) is 5.63. The van der Waals surface area contributed by atoms with Gasteiger partial charge in [0.2, 0.25) is 0 Å². The van der Waals surface area contributed by atoms with Gasteiger partial charge < -0.3 is 0 Å². The molecule has 0 amide bonds. The lowest BCUT2D eigenvalue weighted by Crippen LogP contribution is -1.87. The van der Waals surface area contributed by atoms with Gasteiger partial charge in [-0.2, -0.15) is 0 Å². The van der Waals surface area contributed by atoms with Crippen LogP contribution in [-0.4, -0.2) is 4.92 Å². The first-order valence-electron chi connectivity index (χ1n) is 6.88. The first-order chi connectivity index (χ1) is 10.7. The second-order valence-corrected chi connectivity index (χ2v) is 6.20. The molecule has 0 N–H and O–H groups in total. The Bertz CT molecular complexity index is 1020. The van der Waals surface area contributed by atoms with E-state index in [-0.39, 0.29) is 10.6 Å². The van der Waals surface area contributed by atoms with Crippen LogP contribution in [0.15, 0.2) is 66.7 Å². The van der Waals surface area contributed by atoms with E-state index in [9.17, 15) is 10.1 Å². The van der Waals surface area contributed by atoms with Gasteiger partial charge in [-0.25, -0.2) is 0 Å². The third-order valence-electron chi connectivity index (χ3n) is 3.77. The van der Waals surface area contributed by atoms with Crippen molar-refractivity contribution in [3.8, 4) is 11.1 Å². The van der Waals surface area contributed by atoms with Crippen LogP contribution >= 0.6 is 11.3 Å². The van der Waals surface area contributed by atoms with Gasteiger partial charge in [0.15, 0.2) is 0 Å². The molecule has 1 aromatic heterocycles. The number of nitro benzene ring substituents is 1. The van der Waals surface area contributed by atoms with Gasteiger partial charge in [0, 0.05) is 32.3 Å². The molecule has 0 aliphatic heterocycles. The predicted molar refractivity (Wildman–Crippen MR) is 91.4 cm³/mol. The van der Waals surface area contributed by atoms with E-state index >= 15 is 0 Å². The van der Waals surface area contributed by atoms with Gasteiger partial charge in [-0.1, -0.05) is 36.4 Å². The first kappa shape index (κ1) is 13.0. The third kappa shape index (κ3) is 2.05. The number of thiophene rings is 1. The number of nitro groups is 1. The topological polar surface area (TPSA) is 43.1 Å². The van der Waals surface area contributed by atoms with Crippen LogP contribution in [0.5, 0.6) is 0 Å². The Morgan fingerprint density at radius 1 is 0.773 bits per heavy atom. The Hall–Kier alpha value is -2.72. The minimum Gasteiger partial charge on any atom is -0.258 e. The summed E-state index contributed by atoms with van der Waals surface area (Å²) in [6.45, 7) is 0. The maximum atomic E-state index is 10.9. The summed E-state index contributed by atoms with van der Waals surface area (Å²) >= 11 is 1.77. The molecule has 3 nitrogen and oxygen atoms in total. The van der Waals surface area contributed by atoms with E-state index in [1.165, 1.54) is 26.2 Å². The van der Waals surface area contributed by atoms with Crippen molar-refractivity contribution < 1.29 is 4.92 Å². The van der Waals surface area contributed by atoms with Crippen molar-refractivity contribution in [2.24, 2.45) is 0 Å². The first-order valence-corrected chi connectivity index (χ1v) is 7.70. The molecule has 4 rings (SSSR count). The Morgan fingerprint density at radius 2 is 1.55 bits per heavy atom. The largest absolute Gasteiger partial charge is 0.270 e. The maximum absolute atomic E-state index is 10.9. The molecule has 3 aromatic carbocycles. The molecule has 0 unspecified atom stereocenters. The fraction of sp³-hybridized carbons (Fsp3) is 0. The minimum absolute atomic E-state index is 0.118. The Morgan fingerprint density at radius 3 is 2.41 bits per heavy atom. The van der Waals surface area contributed by atoms with E-state index in [1.807, 2.05) is 24.3 Å². The molecule has 0 spiro atoms. The number of hydrogen-bond donors (Lipinski definition) is 0. The number of fused-ring (bicyclic) bond motifs is 3. The molecule has 106 valence electrons. The summed E-state index contributed by atoms with van der Waals surface area (Å²) < 4.78 is 2.49. The average molecular weight is 305 g/mol. The zero-order valence-corrected chi connectivity index (χ0v) is 12.3. The summed E-state index contributed by atoms with van der Waals surface area (Å²) in [6.07, 6.45) is 0. The van der Waals surface area contributed by atoms with Gasteiger partial charge in [-0.05, 0) is 29.3 Å². The van der Waals surface area contributed by atoms with Crippen molar-refractivity contribution in [2.75, 3.05) is 0 Å². The number of rotatable bonds is 2. The standard InChI is InChI=1S/C18H11NO2S/c20-19(21)14-5-3-4-12(10-14)13-8-9-18-16(11-13)15-6-1-2-7-17(15)22-18/h1-11H. The van der Waals surface area contributed by atoms with Crippen LogP contribution in [0.3, 0.4) is 0 Å². The summed E-state index contributed by atoms with van der Waals surface area (Å²) in [5.41, 5.74) is 1.99. The average Bonchev–Trinajstić information content (AvgIpc) is 2.92. The van der Waals surface area contributed by atoms with E-state index < -0.39 is 0 Å². The molecule has 0 fully saturated rings. The second-order valence-electron chi connectivity index (χ2n) is 5.12.